The number of halogens is 1. The molecular formula is C20H16FN3O2. The first kappa shape index (κ1) is 16.3. The van der Waals surface area contributed by atoms with Gasteiger partial charge in [0.1, 0.15) is 5.69 Å². The molecule has 26 heavy (non-hydrogen) atoms. The molecule has 3 aromatic rings. The molecule has 1 unspecified atom stereocenters. The highest BCUT2D eigenvalue weighted by atomic mass is 19.1. The number of aromatic nitrogens is 2. The van der Waals surface area contributed by atoms with E-state index in [0.29, 0.717) is 18.1 Å². The molecule has 2 heterocycles. The number of hydrogen-bond acceptors (Lipinski definition) is 5. The molecule has 2 N–H and O–H groups in total. The SMILES string of the molecule is C#Cc1ccc(-c2nnc(NC3CCOC3)c3ccccc23)c(O)c1F. The Balaban J connectivity index is 1.85. The van der Waals surface area contributed by atoms with Crippen molar-refractivity contribution in [1.82, 2.24) is 10.2 Å². The molecule has 1 aliphatic rings. The fourth-order valence-electron chi connectivity index (χ4n) is 3.12. The van der Waals surface area contributed by atoms with Crippen LogP contribution in [0.4, 0.5) is 10.2 Å². The van der Waals surface area contributed by atoms with Crippen LogP contribution in [0, 0.1) is 18.2 Å². The van der Waals surface area contributed by atoms with Crippen molar-refractivity contribution in [2.75, 3.05) is 18.5 Å². The highest BCUT2D eigenvalue weighted by Gasteiger charge is 2.20. The van der Waals surface area contributed by atoms with E-state index in [0.717, 1.165) is 23.8 Å². The van der Waals surface area contributed by atoms with E-state index in [-0.39, 0.29) is 17.2 Å². The number of ether oxygens (including phenoxy) is 1. The van der Waals surface area contributed by atoms with E-state index < -0.39 is 11.6 Å². The molecule has 1 atom stereocenters. The molecular weight excluding hydrogens is 333 g/mol. The van der Waals surface area contributed by atoms with Gasteiger partial charge in [-0.1, -0.05) is 30.2 Å². The van der Waals surface area contributed by atoms with E-state index in [1.807, 2.05) is 24.3 Å². The number of phenols is 1. The number of anilines is 1. The average Bonchev–Trinajstić information content (AvgIpc) is 3.18. The third-order valence-corrected chi connectivity index (χ3v) is 4.48. The first-order chi connectivity index (χ1) is 12.7. The Bertz CT molecular complexity index is 1020. The van der Waals surface area contributed by atoms with Crippen molar-refractivity contribution in [3.63, 3.8) is 0 Å². The summed E-state index contributed by atoms with van der Waals surface area (Å²) in [7, 11) is 0. The zero-order chi connectivity index (χ0) is 18.1. The fraction of sp³-hybridized carbons (Fsp3) is 0.200. The van der Waals surface area contributed by atoms with Crippen LogP contribution in [0.25, 0.3) is 22.0 Å². The number of rotatable bonds is 3. The van der Waals surface area contributed by atoms with Crippen molar-refractivity contribution in [3.05, 3.63) is 47.8 Å². The molecule has 1 aromatic heterocycles. The van der Waals surface area contributed by atoms with Gasteiger partial charge in [-0.2, -0.15) is 0 Å². The van der Waals surface area contributed by atoms with E-state index in [1.165, 1.54) is 6.07 Å². The molecule has 130 valence electrons. The van der Waals surface area contributed by atoms with Crippen molar-refractivity contribution in [2.24, 2.45) is 0 Å². The van der Waals surface area contributed by atoms with Gasteiger partial charge in [0.15, 0.2) is 17.4 Å². The van der Waals surface area contributed by atoms with Crippen molar-refractivity contribution in [1.29, 1.82) is 0 Å². The van der Waals surface area contributed by atoms with Gasteiger partial charge in [-0.25, -0.2) is 4.39 Å². The van der Waals surface area contributed by atoms with Crippen LogP contribution in [0.3, 0.4) is 0 Å². The Morgan fingerprint density at radius 2 is 2.00 bits per heavy atom. The molecule has 0 amide bonds. The van der Waals surface area contributed by atoms with Gasteiger partial charge < -0.3 is 15.2 Å². The molecule has 0 spiro atoms. The Morgan fingerprint density at radius 1 is 1.19 bits per heavy atom. The molecule has 6 heteroatoms. The number of terminal acetylenes is 1. The van der Waals surface area contributed by atoms with Gasteiger partial charge in [0.2, 0.25) is 0 Å². The smallest absolute Gasteiger partial charge is 0.181 e. The molecule has 1 aliphatic heterocycles. The van der Waals surface area contributed by atoms with Gasteiger partial charge in [-0.15, -0.1) is 16.6 Å². The first-order valence-electron chi connectivity index (χ1n) is 8.27. The zero-order valence-corrected chi connectivity index (χ0v) is 13.9. The van der Waals surface area contributed by atoms with Crippen LogP contribution in [0.15, 0.2) is 36.4 Å². The maximum Gasteiger partial charge on any atom is 0.181 e. The van der Waals surface area contributed by atoms with Crippen molar-refractivity contribution >= 4 is 16.6 Å². The first-order valence-corrected chi connectivity index (χ1v) is 8.27. The second-order valence-corrected chi connectivity index (χ2v) is 6.12. The van der Waals surface area contributed by atoms with E-state index >= 15 is 0 Å². The molecule has 2 aromatic carbocycles. The summed E-state index contributed by atoms with van der Waals surface area (Å²) in [5, 5.41) is 23.7. The number of benzene rings is 2. The molecule has 5 nitrogen and oxygen atoms in total. The lowest BCUT2D eigenvalue weighted by Crippen LogP contribution is -2.20. The lowest BCUT2D eigenvalue weighted by molar-refractivity contribution is 0.195. The van der Waals surface area contributed by atoms with E-state index in [1.54, 1.807) is 6.07 Å². The Kier molecular flexibility index (Phi) is 4.15. The van der Waals surface area contributed by atoms with Gasteiger partial charge in [-0.3, -0.25) is 0 Å². The summed E-state index contributed by atoms with van der Waals surface area (Å²) in [5.41, 5.74) is 0.651. The van der Waals surface area contributed by atoms with E-state index in [9.17, 15) is 9.50 Å². The number of phenolic OH excluding ortho intramolecular Hbond substituents is 1. The van der Waals surface area contributed by atoms with Gasteiger partial charge >= 0.3 is 0 Å². The van der Waals surface area contributed by atoms with E-state index in [4.69, 9.17) is 11.2 Å². The quantitative estimate of drug-likeness (QED) is 0.710. The minimum absolute atomic E-state index is 0.00281. The summed E-state index contributed by atoms with van der Waals surface area (Å²) in [4.78, 5) is 0. The summed E-state index contributed by atoms with van der Waals surface area (Å²) >= 11 is 0. The zero-order valence-electron chi connectivity index (χ0n) is 13.9. The number of hydrogen-bond donors (Lipinski definition) is 2. The van der Waals surface area contributed by atoms with E-state index in [2.05, 4.69) is 21.4 Å². The van der Waals surface area contributed by atoms with Crippen LogP contribution in [0.2, 0.25) is 0 Å². The van der Waals surface area contributed by atoms with Crippen LogP contribution in [-0.2, 0) is 4.74 Å². The van der Waals surface area contributed by atoms with Crippen molar-refractivity contribution < 1.29 is 14.2 Å². The standard InChI is InChI=1S/C20H16FN3O2/c1-2-12-7-8-16(19(25)17(12)21)18-14-5-3-4-6-15(14)20(24-23-18)22-13-9-10-26-11-13/h1,3-8,13,25H,9-11H2,(H,22,24). The summed E-state index contributed by atoms with van der Waals surface area (Å²) < 4.78 is 19.6. The minimum Gasteiger partial charge on any atom is -0.504 e. The summed E-state index contributed by atoms with van der Waals surface area (Å²) in [6.45, 7) is 1.34. The monoisotopic (exact) mass is 349 g/mol. The van der Waals surface area contributed by atoms with Crippen molar-refractivity contribution in [2.45, 2.75) is 12.5 Å². The molecule has 0 saturated carbocycles. The van der Waals surface area contributed by atoms with Crippen LogP contribution in [0.5, 0.6) is 5.75 Å². The molecule has 0 aliphatic carbocycles. The van der Waals surface area contributed by atoms with Gasteiger partial charge in [0.05, 0.1) is 18.2 Å². The molecule has 0 radical (unpaired) electrons. The Morgan fingerprint density at radius 3 is 2.73 bits per heavy atom. The average molecular weight is 349 g/mol. The Labute approximate surface area is 149 Å². The van der Waals surface area contributed by atoms with Crippen LogP contribution >= 0.6 is 0 Å². The fourth-order valence-corrected chi connectivity index (χ4v) is 3.12. The predicted molar refractivity (Wildman–Crippen MR) is 97.4 cm³/mol. The van der Waals surface area contributed by atoms with Crippen LogP contribution < -0.4 is 5.32 Å². The second-order valence-electron chi connectivity index (χ2n) is 6.12. The molecule has 1 fully saturated rings. The van der Waals surface area contributed by atoms with Crippen LogP contribution in [0.1, 0.15) is 12.0 Å². The third kappa shape index (κ3) is 2.72. The number of aromatic hydroxyl groups is 1. The number of nitrogens with zero attached hydrogens (tertiary/aromatic N) is 2. The summed E-state index contributed by atoms with van der Waals surface area (Å²) in [5.74, 6) is 1.49. The van der Waals surface area contributed by atoms with Crippen LogP contribution in [-0.4, -0.2) is 34.6 Å². The topological polar surface area (TPSA) is 67.3 Å². The number of fused-ring (bicyclic) bond motifs is 1. The lowest BCUT2D eigenvalue weighted by atomic mass is 10.0. The normalized spacial score (nSPS) is 16.5. The molecule has 1 saturated heterocycles. The second kappa shape index (κ2) is 6.62. The van der Waals surface area contributed by atoms with Gasteiger partial charge in [0, 0.05) is 22.9 Å². The van der Waals surface area contributed by atoms with Crippen molar-refractivity contribution in [3.8, 4) is 29.4 Å². The molecule has 0 bridgehead atoms. The highest BCUT2D eigenvalue weighted by Crippen LogP contribution is 2.37. The third-order valence-electron chi connectivity index (χ3n) is 4.48. The maximum atomic E-state index is 14.2. The predicted octanol–water partition coefficient (Wildman–Crippen LogP) is 3.32. The van der Waals surface area contributed by atoms with Gasteiger partial charge in [-0.05, 0) is 18.6 Å². The summed E-state index contributed by atoms with van der Waals surface area (Å²) in [6.07, 6.45) is 6.15. The van der Waals surface area contributed by atoms with Gasteiger partial charge in [0.25, 0.3) is 0 Å². The summed E-state index contributed by atoms with van der Waals surface area (Å²) in [6, 6.07) is 10.7. The Hall–Kier alpha value is -3.17. The lowest BCUT2D eigenvalue weighted by Gasteiger charge is -2.15. The highest BCUT2D eigenvalue weighted by molar-refractivity contribution is 6.01. The number of nitrogens with one attached hydrogen (secondary N) is 1. The largest absolute Gasteiger partial charge is 0.504 e. The maximum absolute atomic E-state index is 14.2. The molecule has 4 rings (SSSR count). The minimum atomic E-state index is -0.832.